The minimum absolute atomic E-state index is 0. The Balaban J connectivity index is -0.0000000259. The molecule has 1 atom stereocenters. The van der Waals surface area contributed by atoms with Crippen LogP contribution < -0.4 is 0 Å². The normalized spacial score (nSPS) is 7.65. The van der Waals surface area contributed by atoms with E-state index < -0.39 is 0 Å². The van der Waals surface area contributed by atoms with E-state index in [2.05, 4.69) is 148 Å². The highest BCUT2D eigenvalue weighted by Gasteiger charge is 1.93. The molecule has 0 aliphatic carbocycles. The summed E-state index contributed by atoms with van der Waals surface area (Å²) in [5.41, 5.74) is 3.99. The summed E-state index contributed by atoms with van der Waals surface area (Å²) in [6.07, 6.45) is 4.49. The van der Waals surface area contributed by atoms with Gasteiger partial charge in [0.1, 0.15) is 0 Å². The van der Waals surface area contributed by atoms with Crippen LogP contribution in [0.15, 0.2) is 115 Å². The van der Waals surface area contributed by atoms with E-state index in [0.717, 1.165) is 45.5 Å². The van der Waals surface area contributed by atoms with Gasteiger partial charge in [-0.3, -0.25) is 0 Å². The lowest BCUT2D eigenvalue weighted by atomic mass is 10.1. The lowest BCUT2D eigenvalue weighted by Crippen LogP contribution is -2.08. The van der Waals surface area contributed by atoms with Crippen molar-refractivity contribution < 1.29 is 38.6 Å². The Morgan fingerprint density at radius 1 is 0.370 bits per heavy atom. The zero-order valence-corrected chi connectivity index (χ0v) is 47.0. The summed E-state index contributed by atoms with van der Waals surface area (Å²) in [6, 6.07) is 40.0. The first-order valence-electron chi connectivity index (χ1n) is 24.5. The quantitative estimate of drug-likeness (QED) is 0.119. The Morgan fingerprint density at radius 3 is 0.951 bits per heavy atom. The minimum atomic E-state index is -0.00926. The van der Waals surface area contributed by atoms with Crippen molar-refractivity contribution in [1.29, 1.82) is 0 Å². The fourth-order valence-corrected chi connectivity index (χ4v) is 4.13. The van der Waals surface area contributed by atoms with Gasteiger partial charge in [-0.1, -0.05) is 293 Å². The van der Waals surface area contributed by atoms with Crippen LogP contribution in [0.4, 0.5) is 0 Å². The number of ether oxygens (including phenoxy) is 6. The molecule has 0 aliphatic heterocycles. The summed E-state index contributed by atoms with van der Waals surface area (Å²) in [5, 5.41) is 21.7. The van der Waals surface area contributed by atoms with Gasteiger partial charge in [0, 0.05) is 75.7 Å². The first-order chi connectivity index (χ1) is 32.4. The third-order valence-corrected chi connectivity index (χ3v) is 7.72. The number of fused-ring (bicyclic) bond motifs is 2. The maximum absolute atomic E-state index is 8.21. The largest absolute Gasteiger partial charge is 0.396 e. The number of aliphatic hydroxyl groups is 2. The predicted molar refractivity (Wildman–Crippen MR) is 393 cm³/mol. The molecule has 5 rings (SSSR count). The molecular formula is C73H162O8. The van der Waals surface area contributed by atoms with Gasteiger partial charge in [-0.2, -0.15) is 0 Å². The molecule has 0 fully saturated rings. The Labute approximate surface area is 517 Å². The van der Waals surface area contributed by atoms with Crippen molar-refractivity contribution in [3.8, 4) is 0 Å². The molecule has 0 radical (unpaired) electrons. The molecule has 5 aromatic carbocycles. The van der Waals surface area contributed by atoms with Gasteiger partial charge in [0.2, 0.25) is 0 Å². The maximum atomic E-state index is 8.21. The van der Waals surface area contributed by atoms with Crippen LogP contribution in [0.1, 0.15) is 229 Å². The van der Waals surface area contributed by atoms with Crippen molar-refractivity contribution in [3.63, 3.8) is 0 Å². The zero-order chi connectivity index (χ0) is 52.9. The van der Waals surface area contributed by atoms with Gasteiger partial charge < -0.3 is 38.6 Å². The van der Waals surface area contributed by atoms with Gasteiger partial charge >= 0.3 is 0 Å². The summed E-state index contributed by atoms with van der Waals surface area (Å²) in [4.78, 5) is 0. The SMILES string of the molecule is C.C.C.C.C.C.C.C.C.C.C.C.C.C.CC.CC.CC.CCCOC.CCCOC.CCCOC.COC(C)C.COC(C)CO.COCCCO.Cc1ccc2ccccc2c1.Cc1cccc2ccccc12.Cc1ccccc1. The molecule has 8 heteroatoms. The second-order valence-corrected chi connectivity index (χ2v) is 13.9. The Bertz CT molecular complexity index is 1530. The van der Waals surface area contributed by atoms with E-state index in [0.29, 0.717) is 12.7 Å². The summed E-state index contributed by atoms with van der Waals surface area (Å²) in [5.74, 6) is 0. The molecule has 0 amide bonds. The van der Waals surface area contributed by atoms with Gasteiger partial charge in [0.05, 0.1) is 18.8 Å². The molecule has 0 aromatic heterocycles. The van der Waals surface area contributed by atoms with Crippen LogP contribution in [0.5, 0.6) is 0 Å². The van der Waals surface area contributed by atoms with Crippen LogP contribution >= 0.6 is 0 Å². The van der Waals surface area contributed by atoms with Gasteiger partial charge in [0.25, 0.3) is 0 Å². The highest BCUT2D eigenvalue weighted by Crippen LogP contribution is 2.17. The average molecular weight is 1170 g/mol. The van der Waals surface area contributed by atoms with Crippen LogP contribution in [0.3, 0.4) is 0 Å². The van der Waals surface area contributed by atoms with E-state index in [-0.39, 0.29) is 123 Å². The Hall–Kier alpha value is -3.70. The smallest absolute Gasteiger partial charge is 0.0773 e. The standard InChI is InChI=1S/2C11H10.C7H8.2C4H10O2.4C4H10O.3C2H6.14CH4/c1-9-5-4-7-10-6-2-3-8-11(9)10;1-9-6-7-10-4-2-3-5-11(10)8-9;1-7-5-3-2-4-6-7;1-4(3-5)6-2;1-6-4-2-3-5;1-4(2)5-3;3*1-3-4-5-2;3*1-2;;;;;;;;;;;;;;/h2*2-8H,1H3;2-6H,1H3;4-5H,3H2,1-2H3;5H,2-4H2,1H3;4H,1-3H3;3*3-4H2,1-2H3;3*1-2H3;14*1H4. The number of benzene rings is 5. The molecular weight excluding hydrogens is 1000 g/mol. The van der Waals surface area contributed by atoms with E-state index in [1.54, 1.807) is 49.6 Å². The number of aliphatic hydroxyl groups excluding tert-OH is 2. The topological polar surface area (TPSA) is 95.8 Å². The second-order valence-electron chi connectivity index (χ2n) is 13.9. The van der Waals surface area contributed by atoms with E-state index in [1.807, 2.05) is 73.6 Å². The van der Waals surface area contributed by atoms with Gasteiger partial charge in [-0.15, -0.1) is 0 Å². The first-order valence-corrected chi connectivity index (χ1v) is 24.5. The minimum Gasteiger partial charge on any atom is -0.396 e. The first kappa shape index (κ1) is 142. The summed E-state index contributed by atoms with van der Waals surface area (Å²) in [7, 11) is 10.0. The molecule has 5 aromatic rings. The van der Waals surface area contributed by atoms with Crippen molar-refractivity contribution in [2.75, 3.05) is 82.3 Å². The van der Waals surface area contributed by atoms with Crippen LogP contribution in [0.25, 0.3) is 21.5 Å². The number of rotatable bonds is 12. The molecule has 502 valence electrons. The molecule has 0 saturated carbocycles. The number of aryl methyl sites for hydroxylation is 3. The molecule has 0 aliphatic rings. The molecule has 1 unspecified atom stereocenters. The predicted octanol–water partition coefficient (Wildman–Crippen LogP) is 24.5. The van der Waals surface area contributed by atoms with E-state index in [9.17, 15) is 0 Å². The van der Waals surface area contributed by atoms with Crippen LogP contribution in [0.2, 0.25) is 0 Å². The van der Waals surface area contributed by atoms with Crippen molar-refractivity contribution in [3.05, 3.63) is 132 Å². The molecule has 0 bridgehead atoms. The number of hydrogen-bond acceptors (Lipinski definition) is 8. The second kappa shape index (κ2) is 127. The van der Waals surface area contributed by atoms with Gasteiger partial charge in [-0.05, 0) is 94.3 Å². The average Bonchev–Trinajstić information content (AvgIpc) is 3.37. The van der Waals surface area contributed by atoms with E-state index in [4.69, 9.17) is 29.2 Å². The molecule has 81 heavy (non-hydrogen) atoms. The van der Waals surface area contributed by atoms with Crippen molar-refractivity contribution >= 4 is 21.5 Å². The highest BCUT2D eigenvalue weighted by molar-refractivity contribution is 5.85. The van der Waals surface area contributed by atoms with Crippen molar-refractivity contribution in [2.45, 2.75) is 246 Å². The van der Waals surface area contributed by atoms with Gasteiger partial charge in [0.15, 0.2) is 0 Å². The molecule has 0 saturated heterocycles. The van der Waals surface area contributed by atoms with Gasteiger partial charge in [-0.25, -0.2) is 0 Å². The van der Waals surface area contributed by atoms with Crippen molar-refractivity contribution in [2.24, 2.45) is 0 Å². The fourth-order valence-electron chi connectivity index (χ4n) is 4.13. The lowest BCUT2D eigenvalue weighted by Gasteiger charge is -2.00. The molecule has 0 heterocycles. The zero-order valence-electron chi connectivity index (χ0n) is 47.0. The Morgan fingerprint density at radius 2 is 0.704 bits per heavy atom. The molecule has 2 N–H and O–H groups in total. The van der Waals surface area contributed by atoms with Crippen molar-refractivity contribution in [1.82, 2.24) is 0 Å². The van der Waals surface area contributed by atoms with Crippen LogP contribution in [-0.4, -0.2) is 105 Å². The van der Waals surface area contributed by atoms with E-state index in [1.165, 1.54) is 38.2 Å². The number of hydrogen-bond donors (Lipinski definition) is 2. The highest BCUT2D eigenvalue weighted by atomic mass is 16.5. The van der Waals surface area contributed by atoms with Crippen LogP contribution in [0, 0.1) is 20.8 Å². The third-order valence-electron chi connectivity index (χ3n) is 7.72. The third kappa shape index (κ3) is 116. The summed E-state index contributed by atoms with van der Waals surface area (Å²) >= 11 is 0. The lowest BCUT2D eigenvalue weighted by molar-refractivity contribution is 0.0623. The number of methoxy groups -OCH3 is 6. The monoisotopic (exact) mass is 1170 g/mol. The molecule has 0 spiro atoms. The van der Waals surface area contributed by atoms with E-state index >= 15 is 0 Å². The summed E-state index contributed by atoms with van der Waals surface area (Å²) < 4.78 is 28.1. The fraction of sp³-hybridized carbons (Fsp3) is 0.644. The van der Waals surface area contributed by atoms with Crippen LogP contribution in [-0.2, 0) is 28.4 Å². The Kier molecular flexibility index (Phi) is 223. The maximum Gasteiger partial charge on any atom is 0.0773 e. The summed E-state index contributed by atoms with van der Waals surface area (Å²) in [6.45, 7) is 34.1. The molecule has 8 nitrogen and oxygen atoms in total.